The number of carboxylic acids is 1. The van der Waals surface area contributed by atoms with Crippen molar-refractivity contribution in [2.75, 3.05) is 0 Å². The molecular formula is C21H20O12. The van der Waals surface area contributed by atoms with Gasteiger partial charge in [-0.05, 0) is 0 Å². The Morgan fingerprint density at radius 1 is 0.939 bits per heavy atom. The Morgan fingerprint density at radius 3 is 2.24 bits per heavy atom. The highest BCUT2D eigenvalue weighted by atomic mass is 16.7. The van der Waals surface area contributed by atoms with Gasteiger partial charge in [-0.15, -0.1) is 0 Å². The summed E-state index contributed by atoms with van der Waals surface area (Å²) in [5, 5.41) is 59.2. The fraction of sp³-hybridized carbons (Fsp3) is 0.238. The predicted octanol–water partition coefficient (Wildman–Crippen LogP) is -0.683. The lowest BCUT2D eigenvalue weighted by atomic mass is 9.99. The summed E-state index contributed by atoms with van der Waals surface area (Å²) >= 11 is 0. The molecule has 2 heterocycles. The Hall–Kier alpha value is -3.68. The van der Waals surface area contributed by atoms with Crippen molar-refractivity contribution in [1.29, 1.82) is 0 Å². The van der Waals surface area contributed by atoms with Crippen LogP contribution in [-0.4, -0.2) is 72.8 Å². The van der Waals surface area contributed by atoms with Crippen molar-refractivity contribution in [2.45, 2.75) is 30.7 Å². The van der Waals surface area contributed by atoms with E-state index in [9.17, 15) is 35.1 Å². The second kappa shape index (κ2) is 9.05. The molecule has 0 spiro atoms. The van der Waals surface area contributed by atoms with Gasteiger partial charge >= 0.3 is 5.97 Å². The third kappa shape index (κ3) is 4.20. The summed E-state index contributed by atoms with van der Waals surface area (Å²) in [6.45, 7) is 0. The van der Waals surface area contributed by atoms with Gasteiger partial charge < -0.3 is 50.0 Å². The van der Waals surface area contributed by atoms with Gasteiger partial charge in [0.05, 0.1) is 0 Å². The zero-order chi connectivity index (χ0) is 23.2. The van der Waals surface area contributed by atoms with Crippen LogP contribution in [0.1, 0.15) is 0 Å². The first-order chi connectivity index (χ1) is 15.2. The molecule has 5 atom stereocenters. The monoisotopic (exact) mass is 464 g/mol. The number of phenolic OH excluding ortho intramolecular Hbond substituents is 2. The molecule has 12 heteroatoms. The first-order valence-corrected chi connectivity index (χ1v) is 9.36. The van der Waals surface area contributed by atoms with E-state index in [1.165, 1.54) is 0 Å². The van der Waals surface area contributed by atoms with Crippen molar-refractivity contribution in [1.82, 2.24) is 0 Å². The smallest absolute Gasteiger partial charge is 0.335 e. The van der Waals surface area contributed by atoms with Gasteiger partial charge in [0.2, 0.25) is 12.0 Å². The lowest BCUT2D eigenvalue weighted by Crippen LogP contribution is -2.61. The number of carbonyl (C=O) groups is 1. The number of aliphatic carboxylic acids is 1. The number of fused-ring (bicyclic) bond motifs is 1. The standard InChI is InChI=1S/C21H18O11.H2O/c22-9-6-10(8-4-2-1-3-5-8)30-11-7-12(14(23)15(24)13(9)11)31-21-18(27)16(25)17(26)19(32-21)20(28)29;/h1-7,16-19,21,23-27H,(H,28,29);1H2/t16-,17-,18+,19-,21-;/m0./s1. The van der Waals surface area contributed by atoms with E-state index in [-0.39, 0.29) is 22.2 Å². The van der Waals surface area contributed by atoms with Crippen LogP contribution in [-0.2, 0) is 9.53 Å². The molecule has 0 unspecified atom stereocenters. The summed E-state index contributed by atoms with van der Waals surface area (Å²) < 4.78 is 16.0. The number of aromatic hydroxyl groups is 2. The van der Waals surface area contributed by atoms with Gasteiger partial charge in [0, 0.05) is 17.7 Å². The number of benzene rings is 2. The number of hydrogen-bond donors (Lipinski definition) is 6. The highest BCUT2D eigenvalue weighted by Gasteiger charge is 2.48. The maximum absolute atomic E-state index is 12.5. The molecule has 1 fully saturated rings. The van der Waals surface area contributed by atoms with E-state index in [0.717, 1.165) is 12.1 Å². The van der Waals surface area contributed by atoms with E-state index in [0.29, 0.717) is 5.56 Å². The molecule has 1 aromatic heterocycles. The molecule has 12 nitrogen and oxygen atoms in total. The van der Waals surface area contributed by atoms with Gasteiger partial charge in [-0.2, -0.15) is 0 Å². The highest BCUT2D eigenvalue weighted by Crippen LogP contribution is 2.42. The number of hydrogen-bond acceptors (Lipinski definition) is 10. The van der Waals surface area contributed by atoms with E-state index in [4.69, 9.17) is 19.0 Å². The molecule has 2 aromatic carbocycles. The van der Waals surface area contributed by atoms with Crippen LogP contribution in [0.3, 0.4) is 0 Å². The first-order valence-electron chi connectivity index (χ1n) is 9.36. The normalized spacial score (nSPS) is 24.8. The minimum Gasteiger partial charge on any atom is -0.504 e. The molecule has 0 saturated carbocycles. The average molecular weight is 464 g/mol. The Balaban J connectivity index is 0.00000306. The zero-order valence-electron chi connectivity index (χ0n) is 16.7. The van der Waals surface area contributed by atoms with Gasteiger partial charge in [-0.3, -0.25) is 4.79 Å². The van der Waals surface area contributed by atoms with E-state index in [1.54, 1.807) is 30.3 Å². The molecule has 0 aliphatic carbocycles. The summed E-state index contributed by atoms with van der Waals surface area (Å²) in [6.07, 6.45) is -9.56. The molecule has 3 aromatic rings. The Morgan fingerprint density at radius 2 is 1.61 bits per heavy atom. The van der Waals surface area contributed by atoms with Gasteiger partial charge in [0.25, 0.3) is 0 Å². The highest BCUT2D eigenvalue weighted by molar-refractivity contribution is 5.89. The minimum atomic E-state index is -1.94. The van der Waals surface area contributed by atoms with Crippen molar-refractivity contribution >= 4 is 16.9 Å². The average Bonchev–Trinajstić information content (AvgIpc) is 2.77. The maximum atomic E-state index is 12.5. The molecule has 4 rings (SSSR count). The largest absolute Gasteiger partial charge is 0.504 e. The van der Waals surface area contributed by atoms with E-state index in [1.807, 2.05) is 0 Å². The molecule has 176 valence electrons. The first kappa shape index (κ1) is 24.0. The summed E-state index contributed by atoms with van der Waals surface area (Å²) in [4.78, 5) is 23.8. The van der Waals surface area contributed by atoms with Crippen molar-refractivity contribution in [3.8, 4) is 28.6 Å². The second-order valence-electron chi connectivity index (χ2n) is 7.14. The van der Waals surface area contributed by atoms with Crippen LogP contribution >= 0.6 is 0 Å². The molecule has 1 aliphatic heterocycles. The molecule has 0 amide bonds. The van der Waals surface area contributed by atoms with Crippen LogP contribution in [0.2, 0.25) is 0 Å². The molecular weight excluding hydrogens is 444 g/mol. The number of carboxylic acid groups (broad SMARTS) is 1. The van der Waals surface area contributed by atoms with Crippen LogP contribution < -0.4 is 10.2 Å². The number of aliphatic hydroxyl groups is 3. The van der Waals surface area contributed by atoms with Crippen molar-refractivity contribution in [3.63, 3.8) is 0 Å². The second-order valence-corrected chi connectivity index (χ2v) is 7.14. The number of ether oxygens (including phenoxy) is 2. The number of aliphatic hydroxyl groups excluding tert-OH is 3. The fourth-order valence-electron chi connectivity index (χ4n) is 3.38. The SMILES string of the molecule is O.O=C(O)[C@H]1O[C@H](Oc2cc3oc(-c4ccccc4)cc(=O)c3c(O)c2O)[C@H](O)[C@@H](O)[C@@H]1O. The van der Waals surface area contributed by atoms with Crippen LogP contribution in [0.5, 0.6) is 17.2 Å². The van der Waals surface area contributed by atoms with Gasteiger partial charge in [0.15, 0.2) is 23.0 Å². The molecule has 1 aliphatic rings. The third-order valence-corrected chi connectivity index (χ3v) is 5.05. The van der Waals surface area contributed by atoms with E-state index >= 15 is 0 Å². The minimum absolute atomic E-state index is 0. The molecule has 0 bridgehead atoms. The van der Waals surface area contributed by atoms with Crippen LogP contribution in [0.25, 0.3) is 22.3 Å². The molecule has 33 heavy (non-hydrogen) atoms. The maximum Gasteiger partial charge on any atom is 0.335 e. The number of rotatable bonds is 4. The van der Waals surface area contributed by atoms with Crippen molar-refractivity contribution in [2.24, 2.45) is 0 Å². The summed E-state index contributed by atoms with van der Waals surface area (Å²) in [7, 11) is 0. The Labute approximate surface area is 184 Å². The van der Waals surface area contributed by atoms with Gasteiger partial charge in [0.1, 0.15) is 35.0 Å². The van der Waals surface area contributed by atoms with Crippen LogP contribution in [0, 0.1) is 0 Å². The Kier molecular flexibility index (Phi) is 6.58. The zero-order valence-corrected chi connectivity index (χ0v) is 16.7. The molecule has 0 radical (unpaired) electrons. The fourth-order valence-corrected chi connectivity index (χ4v) is 3.38. The van der Waals surface area contributed by atoms with Gasteiger partial charge in [-0.1, -0.05) is 30.3 Å². The predicted molar refractivity (Wildman–Crippen MR) is 110 cm³/mol. The lowest BCUT2D eigenvalue weighted by Gasteiger charge is -2.38. The van der Waals surface area contributed by atoms with E-state index in [2.05, 4.69) is 0 Å². The van der Waals surface area contributed by atoms with E-state index < -0.39 is 59.4 Å². The van der Waals surface area contributed by atoms with Crippen molar-refractivity contribution < 1.29 is 54.8 Å². The molecule has 8 N–H and O–H groups in total. The van der Waals surface area contributed by atoms with Crippen LogP contribution in [0.4, 0.5) is 0 Å². The van der Waals surface area contributed by atoms with Crippen LogP contribution in [0.15, 0.2) is 51.7 Å². The number of phenols is 2. The topological polar surface area (TPSA) is 219 Å². The molecule has 1 saturated heterocycles. The Bertz CT molecular complexity index is 1220. The van der Waals surface area contributed by atoms with Crippen molar-refractivity contribution in [3.05, 3.63) is 52.7 Å². The lowest BCUT2D eigenvalue weighted by molar-refractivity contribution is -0.271. The third-order valence-electron chi connectivity index (χ3n) is 5.05. The summed E-state index contributed by atoms with van der Waals surface area (Å²) in [5.41, 5.74) is -0.265. The summed E-state index contributed by atoms with van der Waals surface area (Å²) in [5.74, 6) is -3.76. The van der Waals surface area contributed by atoms with Gasteiger partial charge in [-0.25, -0.2) is 4.79 Å². The summed E-state index contributed by atoms with van der Waals surface area (Å²) in [6, 6.07) is 10.8. The quantitative estimate of drug-likeness (QED) is 0.266.